The second-order valence-electron chi connectivity index (χ2n) is 2.75. The van der Waals surface area contributed by atoms with Crippen LogP contribution in [0, 0.1) is 0 Å². The molecule has 5 heteroatoms. The number of carbonyl (C=O) groups is 2. The third-order valence-electron chi connectivity index (χ3n) is 1.81. The van der Waals surface area contributed by atoms with Crippen LogP contribution in [0.3, 0.4) is 0 Å². The summed E-state index contributed by atoms with van der Waals surface area (Å²) in [5.74, 6) is -1.04. The highest BCUT2D eigenvalue weighted by Crippen LogP contribution is 2.14. The van der Waals surface area contributed by atoms with Gasteiger partial charge in [0.05, 0.1) is 5.56 Å². The van der Waals surface area contributed by atoms with Crippen LogP contribution in [0.5, 0.6) is 0 Å². The summed E-state index contributed by atoms with van der Waals surface area (Å²) in [6, 6.07) is 5.36. The first-order valence-electron chi connectivity index (χ1n) is 3.89. The molecule has 0 radical (unpaired) electrons. The molecule has 0 aromatic heterocycles. The van der Waals surface area contributed by atoms with Crippen molar-refractivity contribution < 1.29 is 14.7 Å². The van der Waals surface area contributed by atoms with Gasteiger partial charge in [-0.25, -0.2) is 9.59 Å². The van der Waals surface area contributed by atoms with Crippen LogP contribution < -0.4 is 10.6 Å². The molecule has 0 spiro atoms. The van der Waals surface area contributed by atoms with E-state index >= 15 is 0 Å². The van der Waals surface area contributed by atoms with Crippen molar-refractivity contribution in [2.75, 3.05) is 11.9 Å². The summed E-state index contributed by atoms with van der Waals surface area (Å²) in [6.45, 7) is 0. The number of urea groups is 1. The molecule has 74 valence electrons. The molecule has 3 N–H and O–H groups in total. The van der Waals surface area contributed by atoms with Crippen LogP contribution in [0.25, 0.3) is 0 Å². The molecule has 14 heavy (non-hydrogen) atoms. The molecule has 5 nitrogen and oxygen atoms in total. The lowest BCUT2D eigenvalue weighted by Gasteiger charge is -2.14. The molecular weight excluding hydrogens is 184 g/mol. The Hall–Kier alpha value is -2.04. The highest BCUT2D eigenvalue weighted by atomic mass is 16.4. The maximum absolute atomic E-state index is 10.8. The summed E-state index contributed by atoms with van der Waals surface area (Å²) in [4.78, 5) is 22.6. The number of nitrogens with two attached hydrogens (primary N) is 1. The lowest BCUT2D eigenvalue weighted by molar-refractivity contribution is 0.0697. The van der Waals surface area contributed by atoms with Crippen molar-refractivity contribution >= 4 is 17.7 Å². The molecule has 0 aliphatic heterocycles. The fourth-order valence-electron chi connectivity index (χ4n) is 0.975. The van der Waals surface area contributed by atoms with Crippen LogP contribution in [0.1, 0.15) is 10.4 Å². The lowest BCUT2D eigenvalue weighted by atomic mass is 10.2. The molecule has 0 fully saturated rings. The Morgan fingerprint density at radius 1 is 1.43 bits per heavy atom. The Balaban J connectivity index is 3.05. The van der Waals surface area contributed by atoms with Crippen molar-refractivity contribution in [3.63, 3.8) is 0 Å². The van der Waals surface area contributed by atoms with E-state index in [1.807, 2.05) is 0 Å². The molecular formula is C9H10N2O3. The maximum atomic E-state index is 10.8. The van der Waals surface area contributed by atoms with E-state index in [1.165, 1.54) is 24.1 Å². The first kappa shape index (κ1) is 10.0. The van der Waals surface area contributed by atoms with E-state index < -0.39 is 12.0 Å². The first-order valence-corrected chi connectivity index (χ1v) is 3.89. The zero-order chi connectivity index (χ0) is 10.7. The Labute approximate surface area is 80.7 Å². The lowest BCUT2D eigenvalue weighted by Crippen LogP contribution is -2.31. The summed E-state index contributed by atoms with van der Waals surface area (Å²) in [5.41, 5.74) is 5.61. The Bertz CT molecular complexity index is 376. The van der Waals surface area contributed by atoms with Crippen molar-refractivity contribution in [1.29, 1.82) is 0 Å². The van der Waals surface area contributed by atoms with Crippen molar-refractivity contribution in [1.82, 2.24) is 0 Å². The minimum atomic E-state index is -1.04. The number of primary amides is 1. The number of carboxylic acids is 1. The van der Waals surface area contributed by atoms with Gasteiger partial charge in [0.2, 0.25) is 0 Å². The standard InChI is InChI=1S/C9H10N2O3/c1-11(9(10)14)7-4-2-3-6(5-7)8(12)13/h2-5H,1H3,(H2,10,14)(H,12,13). The van der Waals surface area contributed by atoms with Gasteiger partial charge in [-0.05, 0) is 18.2 Å². The Morgan fingerprint density at radius 3 is 2.57 bits per heavy atom. The number of nitrogens with zero attached hydrogens (tertiary/aromatic N) is 1. The van der Waals surface area contributed by atoms with Gasteiger partial charge in [-0.3, -0.25) is 4.90 Å². The van der Waals surface area contributed by atoms with Gasteiger partial charge in [-0.1, -0.05) is 6.07 Å². The van der Waals surface area contributed by atoms with Crippen molar-refractivity contribution in [3.05, 3.63) is 29.8 Å². The van der Waals surface area contributed by atoms with Crippen LogP contribution in [-0.4, -0.2) is 24.2 Å². The molecule has 0 saturated heterocycles. The second-order valence-corrected chi connectivity index (χ2v) is 2.75. The van der Waals surface area contributed by atoms with Crippen LogP contribution in [0.15, 0.2) is 24.3 Å². The molecule has 2 amide bonds. The van der Waals surface area contributed by atoms with E-state index in [1.54, 1.807) is 12.1 Å². The van der Waals surface area contributed by atoms with E-state index in [2.05, 4.69) is 0 Å². The molecule has 0 aliphatic rings. The summed E-state index contributed by atoms with van der Waals surface area (Å²) < 4.78 is 0. The highest BCUT2D eigenvalue weighted by molar-refractivity contribution is 5.93. The Kier molecular flexibility index (Phi) is 2.71. The first-order chi connectivity index (χ1) is 6.52. The average molecular weight is 194 g/mol. The molecule has 0 bridgehead atoms. The largest absolute Gasteiger partial charge is 0.478 e. The summed E-state index contributed by atoms with van der Waals surface area (Å²) in [5, 5.41) is 8.69. The maximum Gasteiger partial charge on any atom is 0.335 e. The average Bonchev–Trinajstić information content (AvgIpc) is 2.16. The number of benzene rings is 1. The van der Waals surface area contributed by atoms with Gasteiger partial charge >= 0.3 is 12.0 Å². The normalized spacial score (nSPS) is 9.50. The number of hydrogen-bond donors (Lipinski definition) is 2. The number of rotatable bonds is 2. The molecule has 1 aromatic carbocycles. The van der Waals surface area contributed by atoms with E-state index in [4.69, 9.17) is 10.8 Å². The predicted octanol–water partition coefficient (Wildman–Crippen LogP) is 0.900. The monoisotopic (exact) mass is 194 g/mol. The quantitative estimate of drug-likeness (QED) is 0.733. The van der Waals surface area contributed by atoms with Crippen molar-refractivity contribution in [2.24, 2.45) is 5.73 Å². The zero-order valence-electron chi connectivity index (χ0n) is 7.60. The van der Waals surface area contributed by atoms with Gasteiger partial charge in [0.1, 0.15) is 0 Å². The fourth-order valence-corrected chi connectivity index (χ4v) is 0.975. The van der Waals surface area contributed by atoms with Crippen LogP contribution >= 0.6 is 0 Å². The number of carboxylic acid groups (broad SMARTS) is 1. The fraction of sp³-hybridized carbons (Fsp3) is 0.111. The zero-order valence-corrected chi connectivity index (χ0v) is 7.60. The summed E-state index contributed by atoms with van der Waals surface area (Å²) in [6.07, 6.45) is 0. The molecule has 1 aromatic rings. The number of carbonyl (C=O) groups excluding carboxylic acids is 1. The predicted molar refractivity (Wildman–Crippen MR) is 51.4 cm³/mol. The van der Waals surface area contributed by atoms with Gasteiger partial charge in [0.25, 0.3) is 0 Å². The van der Waals surface area contributed by atoms with Crippen LogP contribution in [0.2, 0.25) is 0 Å². The van der Waals surface area contributed by atoms with Gasteiger partial charge in [-0.15, -0.1) is 0 Å². The molecule has 0 saturated carbocycles. The van der Waals surface area contributed by atoms with E-state index in [9.17, 15) is 9.59 Å². The van der Waals surface area contributed by atoms with Gasteiger partial charge in [-0.2, -0.15) is 0 Å². The number of hydrogen-bond acceptors (Lipinski definition) is 2. The number of aromatic carboxylic acids is 1. The highest BCUT2D eigenvalue weighted by Gasteiger charge is 2.08. The smallest absolute Gasteiger partial charge is 0.335 e. The van der Waals surface area contributed by atoms with Crippen LogP contribution in [-0.2, 0) is 0 Å². The molecule has 0 unspecified atom stereocenters. The topological polar surface area (TPSA) is 83.6 Å². The number of amides is 2. The third-order valence-corrected chi connectivity index (χ3v) is 1.81. The SMILES string of the molecule is CN(C(N)=O)c1cccc(C(=O)O)c1. The van der Waals surface area contributed by atoms with Gasteiger partial charge in [0.15, 0.2) is 0 Å². The van der Waals surface area contributed by atoms with E-state index in [-0.39, 0.29) is 5.56 Å². The van der Waals surface area contributed by atoms with Crippen molar-refractivity contribution in [3.8, 4) is 0 Å². The van der Waals surface area contributed by atoms with E-state index in [0.29, 0.717) is 5.69 Å². The second kappa shape index (κ2) is 3.78. The molecule has 0 atom stereocenters. The van der Waals surface area contributed by atoms with E-state index in [0.717, 1.165) is 0 Å². The molecule has 1 rings (SSSR count). The third kappa shape index (κ3) is 2.01. The summed E-state index contributed by atoms with van der Waals surface area (Å²) >= 11 is 0. The minimum Gasteiger partial charge on any atom is -0.478 e. The van der Waals surface area contributed by atoms with Crippen LogP contribution in [0.4, 0.5) is 10.5 Å². The van der Waals surface area contributed by atoms with Gasteiger partial charge < -0.3 is 10.8 Å². The summed E-state index contributed by atoms with van der Waals surface area (Å²) in [7, 11) is 1.48. The molecule has 0 heterocycles. The minimum absolute atomic E-state index is 0.121. The van der Waals surface area contributed by atoms with Gasteiger partial charge in [0, 0.05) is 12.7 Å². The Morgan fingerprint density at radius 2 is 2.07 bits per heavy atom. The molecule has 0 aliphatic carbocycles. The number of anilines is 1. The van der Waals surface area contributed by atoms with Crippen molar-refractivity contribution in [2.45, 2.75) is 0 Å².